The standard InChI is InChI=1S/C56H84N4O16/c1-12-45(64)72-44-29-47(66)71-42(22-17-19-38-28-41(32-57-31-38)58-40-20-15-14-16-21-40)23-18-25-60(10)33-43(63)34(3)27-39(24-26-61)52(53(44)68-11)75-55-50(67)49(59(8)9)51(35(4)70-55)74-48-30-56(7,76-37(6)62)54(36(5)69-48)73-46(65)13-2/h14-17,19-21,26,28,31-32,34-36,39,42-44,48-55,58,63,67H,12-13,18,22-25,27,29-30,33H2,1-11H3/b19-17+/t34-,35?,36?,39+,42+,43+,44-,48+,49?,50?,51+,52+,53+,54+,55+,56?/m1/s1. The van der Waals surface area contributed by atoms with E-state index in [2.05, 4.69) is 10.3 Å². The minimum absolute atomic E-state index is 0.0276. The van der Waals surface area contributed by atoms with Gasteiger partial charge in [-0.2, -0.15) is 0 Å². The monoisotopic (exact) mass is 1070 g/mol. The number of rotatable bonds is 18. The van der Waals surface area contributed by atoms with Gasteiger partial charge in [0.2, 0.25) is 0 Å². The average molecular weight is 1070 g/mol. The summed E-state index contributed by atoms with van der Waals surface area (Å²) in [5.74, 6) is -3.50. The Morgan fingerprint density at radius 3 is 2.32 bits per heavy atom. The van der Waals surface area contributed by atoms with Crippen LogP contribution in [0.5, 0.6) is 0 Å². The van der Waals surface area contributed by atoms with Crippen molar-refractivity contribution in [1.29, 1.82) is 0 Å². The number of hydrogen-bond acceptors (Lipinski definition) is 20. The Bertz CT molecular complexity index is 2190. The summed E-state index contributed by atoms with van der Waals surface area (Å²) in [6.07, 6.45) is -3.23. The molecule has 0 amide bonds. The van der Waals surface area contributed by atoms with Crippen molar-refractivity contribution < 1.29 is 76.8 Å². The average Bonchev–Trinajstić information content (AvgIpc) is 3.36. The Hall–Kier alpha value is -4.90. The van der Waals surface area contributed by atoms with Crippen LogP contribution in [0.1, 0.15) is 112 Å². The molecule has 0 bridgehead atoms. The van der Waals surface area contributed by atoms with Gasteiger partial charge in [0.1, 0.15) is 36.8 Å². The molecule has 5 unspecified atom stereocenters. The van der Waals surface area contributed by atoms with Crippen molar-refractivity contribution in [2.24, 2.45) is 11.8 Å². The summed E-state index contributed by atoms with van der Waals surface area (Å²) in [7, 11) is 6.79. The van der Waals surface area contributed by atoms with Gasteiger partial charge in [-0.25, -0.2) is 0 Å². The number of cyclic esters (lactones) is 1. The van der Waals surface area contributed by atoms with Crippen molar-refractivity contribution in [3.05, 3.63) is 60.4 Å². The van der Waals surface area contributed by atoms with E-state index in [0.29, 0.717) is 32.4 Å². The van der Waals surface area contributed by atoms with Crippen molar-refractivity contribution in [2.75, 3.05) is 46.7 Å². The molecule has 20 heteroatoms. The smallest absolute Gasteiger partial charge is 0.309 e. The second kappa shape index (κ2) is 29.7. The first-order valence-corrected chi connectivity index (χ1v) is 26.7. The number of β-amino-alcohol motifs (C(OH)–C–C–N with tert-alkyl or cyclic N) is 1. The van der Waals surface area contributed by atoms with Gasteiger partial charge in [0.25, 0.3) is 0 Å². The van der Waals surface area contributed by atoms with E-state index >= 15 is 0 Å². The number of esters is 4. The molecule has 0 radical (unpaired) electrons. The van der Waals surface area contributed by atoms with Crippen LogP contribution in [0.4, 0.5) is 11.4 Å². The topological polar surface area (TPSA) is 240 Å². The first kappa shape index (κ1) is 61.9. The van der Waals surface area contributed by atoms with E-state index in [1.54, 1.807) is 66.0 Å². The predicted octanol–water partition coefficient (Wildman–Crippen LogP) is 5.77. The molecule has 1 aromatic carbocycles. The van der Waals surface area contributed by atoms with Crippen LogP contribution in [0.15, 0.2) is 54.9 Å². The third kappa shape index (κ3) is 17.8. The summed E-state index contributed by atoms with van der Waals surface area (Å²) in [5, 5.41) is 27.4. The van der Waals surface area contributed by atoms with Crippen LogP contribution < -0.4 is 5.32 Å². The maximum atomic E-state index is 14.3. The fraction of sp³-hybridized carbons (Fsp3) is 0.679. The van der Waals surface area contributed by atoms with Gasteiger partial charge in [0.05, 0.1) is 48.8 Å². The Morgan fingerprint density at radius 1 is 0.947 bits per heavy atom. The van der Waals surface area contributed by atoms with Crippen molar-refractivity contribution in [2.45, 2.75) is 192 Å². The van der Waals surface area contributed by atoms with Gasteiger partial charge in [0, 0.05) is 64.6 Å². The summed E-state index contributed by atoms with van der Waals surface area (Å²) >= 11 is 0. The number of pyridine rings is 1. The number of carbonyl (C=O) groups is 5. The molecule has 0 aliphatic carbocycles. The van der Waals surface area contributed by atoms with E-state index < -0.39 is 127 Å². The summed E-state index contributed by atoms with van der Waals surface area (Å²) < 4.78 is 56.2. The third-order valence-corrected chi connectivity index (χ3v) is 14.4. The van der Waals surface area contributed by atoms with Crippen LogP contribution in [-0.4, -0.2) is 182 Å². The molecule has 424 valence electrons. The Morgan fingerprint density at radius 2 is 1.66 bits per heavy atom. The van der Waals surface area contributed by atoms with E-state index in [9.17, 15) is 34.2 Å². The lowest BCUT2D eigenvalue weighted by atomic mass is 9.82. The minimum atomic E-state index is -1.45. The Balaban J connectivity index is 1.44. The lowest BCUT2D eigenvalue weighted by Gasteiger charge is -2.50. The predicted molar refractivity (Wildman–Crippen MR) is 281 cm³/mol. The quantitative estimate of drug-likeness (QED) is 0.0912. The summed E-state index contributed by atoms with van der Waals surface area (Å²) in [4.78, 5) is 73.2. The maximum Gasteiger partial charge on any atom is 0.309 e. The molecular formula is C56H84N4O16. The number of likely N-dealkylation sites (N-methyl/N-ethyl adjacent to an activating group) is 2. The van der Waals surface area contributed by atoms with Crippen LogP contribution in [0.25, 0.3) is 6.08 Å². The molecule has 3 aliphatic rings. The number of nitrogens with zero attached hydrogens (tertiary/aromatic N) is 3. The zero-order valence-electron chi connectivity index (χ0n) is 46.2. The molecule has 1 aromatic heterocycles. The molecule has 76 heavy (non-hydrogen) atoms. The van der Waals surface area contributed by atoms with Gasteiger partial charge < -0.3 is 72.8 Å². The number of carbonyl (C=O) groups excluding carboxylic acids is 5. The van der Waals surface area contributed by atoms with Crippen molar-refractivity contribution in [3.8, 4) is 0 Å². The van der Waals surface area contributed by atoms with E-state index in [1.165, 1.54) is 14.0 Å². The number of nitrogens with one attached hydrogen (secondary N) is 1. The highest BCUT2D eigenvalue weighted by molar-refractivity contribution is 5.73. The second-order valence-electron chi connectivity index (χ2n) is 20.9. The number of hydrogen-bond donors (Lipinski definition) is 3. The number of benzene rings is 1. The van der Waals surface area contributed by atoms with Gasteiger partial charge in [0.15, 0.2) is 24.3 Å². The number of ether oxygens (including phenoxy) is 9. The molecule has 0 saturated carbocycles. The molecule has 3 saturated heterocycles. The zero-order valence-corrected chi connectivity index (χ0v) is 46.2. The van der Waals surface area contributed by atoms with Crippen LogP contribution in [0.3, 0.4) is 0 Å². The molecule has 4 heterocycles. The highest BCUT2D eigenvalue weighted by Gasteiger charge is 2.54. The normalized spacial score (nSPS) is 33.5. The largest absolute Gasteiger partial charge is 0.462 e. The van der Waals surface area contributed by atoms with Gasteiger partial charge in [-0.15, -0.1) is 0 Å². The third-order valence-electron chi connectivity index (χ3n) is 14.4. The minimum Gasteiger partial charge on any atom is -0.462 e. The number of aromatic nitrogens is 1. The Labute approximate surface area is 448 Å². The van der Waals surface area contributed by atoms with Crippen LogP contribution in [0, 0.1) is 11.8 Å². The van der Waals surface area contributed by atoms with Gasteiger partial charge in [-0.1, -0.05) is 51.1 Å². The summed E-state index contributed by atoms with van der Waals surface area (Å²) in [6.45, 7) is 12.4. The lowest BCUT2D eigenvalue weighted by Crippen LogP contribution is -2.66. The fourth-order valence-electron chi connectivity index (χ4n) is 10.5. The molecule has 3 N–H and O–H groups in total. The molecule has 16 atom stereocenters. The first-order chi connectivity index (χ1) is 36.2. The summed E-state index contributed by atoms with van der Waals surface area (Å²) in [5.41, 5.74) is 1.21. The Kier molecular flexibility index (Phi) is 24.2. The van der Waals surface area contributed by atoms with Gasteiger partial charge in [-0.3, -0.25) is 24.2 Å². The number of methoxy groups -OCH3 is 1. The molecule has 0 spiro atoms. The van der Waals surface area contributed by atoms with E-state index in [4.69, 9.17) is 42.6 Å². The van der Waals surface area contributed by atoms with Crippen LogP contribution in [-0.2, 0) is 66.6 Å². The molecule has 20 nitrogen and oxygen atoms in total. The number of anilines is 2. The summed E-state index contributed by atoms with van der Waals surface area (Å²) in [6, 6.07) is 10.9. The number of aldehydes is 1. The zero-order chi connectivity index (χ0) is 55.7. The van der Waals surface area contributed by atoms with Crippen LogP contribution >= 0.6 is 0 Å². The first-order valence-electron chi connectivity index (χ1n) is 26.7. The van der Waals surface area contributed by atoms with Crippen LogP contribution in [0.2, 0.25) is 0 Å². The van der Waals surface area contributed by atoms with E-state index in [-0.39, 0.29) is 32.1 Å². The van der Waals surface area contributed by atoms with E-state index in [0.717, 1.165) is 23.2 Å². The molecule has 5 rings (SSSR count). The molecular weight excluding hydrogens is 985 g/mol. The molecule has 2 aromatic rings. The van der Waals surface area contributed by atoms with Gasteiger partial charge in [-0.05, 0) is 103 Å². The van der Waals surface area contributed by atoms with E-state index in [1.807, 2.05) is 67.4 Å². The highest BCUT2D eigenvalue weighted by Crippen LogP contribution is 2.39. The maximum absolute atomic E-state index is 14.3. The van der Waals surface area contributed by atoms with Crippen molar-refractivity contribution in [3.63, 3.8) is 0 Å². The number of aliphatic hydroxyl groups excluding tert-OH is 2. The number of aliphatic hydroxyl groups is 2. The lowest BCUT2D eigenvalue weighted by molar-refractivity contribution is -0.344. The van der Waals surface area contributed by atoms with Crippen molar-refractivity contribution in [1.82, 2.24) is 14.8 Å². The molecule has 3 fully saturated rings. The fourth-order valence-corrected chi connectivity index (χ4v) is 10.5. The highest BCUT2D eigenvalue weighted by atomic mass is 16.7. The van der Waals surface area contributed by atoms with Crippen molar-refractivity contribution >= 4 is 47.6 Å². The molecule has 3 aliphatic heterocycles. The second-order valence-corrected chi connectivity index (χ2v) is 20.9. The van der Waals surface area contributed by atoms with Gasteiger partial charge >= 0.3 is 23.9 Å². The number of para-hydroxylation sites is 1. The SMILES string of the molecule is CCC(=O)O[C@@H]1CC(=O)O[C@@H](C/C=C/c2cncc(Nc3ccccc3)c2)CCCN(C)C[C@H](O)[C@H](C)C[C@H](CC=O)[C@H](O[C@@H]2OC(C)[C@H](O[C@H]3CC(C)(OC(C)=O)[C@@H](OC(=O)CC)C(C)O3)C(N(C)C)C2O)[C@H]1OC.